The molecule has 106 valence electrons. The van der Waals surface area contributed by atoms with Crippen molar-refractivity contribution >= 4 is 29.0 Å². The van der Waals surface area contributed by atoms with Crippen LogP contribution in [0.3, 0.4) is 0 Å². The number of carbonyl (C=O) groups excluding carboxylic acids is 2. The first kappa shape index (κ1) is 14.5. The zero-order chi connectivity index (χ0) is 14.7. The van der Waals surface area contributed by atoms with E-state index in [2.05, 4.69) is 0 Å². The van der Waals surface area contributed by atoms with Gasteiger partial charge in [0.05, 0.1) is 6.54 Å². The van der Waals surface area contributed by atoms with Crippen molar-refractivity contribution < 1.29 is 9.59 Å². The highest BCUT2D eigenvalue weighted by Gasteiger charge is 2.28. The minimum atomic E-state index is -0.0350. The van der Waals surface area contributed by atoms with Crippen LogP contribution in [0.2, 0.25) is 0 Å². The Morgan fingerprint density at radius 3 is 2.55 bits per heavy atom. The van der Waals surface area contributed by atoms with Crippen molar-refractivity contribution in [3.05, 3.63) is 35.4 Å². The monoisotopic (exact) mass is 291 g/mol. The highest BCUT2D eigenvalue weighted by molar-refractivity contribution is 7.80. The predicted octanol–water partition coefficient (Wildman–Crippen LogP) is 0.512. The Labute approximate surface area is 123 Å². The third-order valence-corrected chi connectivity index (χ3v) is 3.56. The van der Waals surface area contributed by atoms with Crippen LogP contribution in [-0.4, -0.2) is 46.2 Å². The van der Waals surface area contributed by atoms with Crippen LogP contribution in [0.5, 0.6) is 0 Å². The number of rotatable bonds is 4. The van der Waals surface area contributed by atoms with Gasteiger partial charge in [0.1, 0.15) is 11.5 Å². The molecule has 2 N–H and O–H groups in total. The molecule has 5 nitrogen and oxygen atoms in total. The van der Waals surface area contributed by atoms with E-state index < -0.39 is 0 Å². The van der Waals surface area contributed by atoms with Gasteiger partial charge in [0.25, 0.3) is 0 Å². The normalized spacial score (nSPS) is 15.7. The standard InChI is InChI=1S/C14H17N3O2S/c1-2-16-8-13(19)17(9-12(16)18)7-10-4-3-5-11(6-10)14(15)20/h3-6H,2,7-9H2,1H3,(H2,15,20). The summed E-state index contributed by atoms with van der Waals surface area (Å²) in [5, 5.41) is 0. The highest BCUT2D eigenvalue weighted by atomic mass is 32.1. The second-order valence-corrected chi connectivity index (χ2v) is 5.16. The quantitative estimate of drug-likeness (QED) is 0.821. The number of likely N-dealkylation sites (N-methyl/N-ethyl adjacent to an activating group) is 1. The lowest BCUT2D eigenvalue weighted by Crippen LogP contribution is -2.53. The Balaban J connectivity index is 2.10. The molecule has 1 heterocycles. The van der Waals surface area contributed by atoms with Gasteiger partial charge < -0.3 is 15.5 Å². The SMILES string of the molecule is CCN1CC(=O)N(Cc2cccc(C(N)=S)c2)CC1=O. The number of amides is 2. The van der Waals surface area contributed by atoms with Gasteiger partial charge in [0.2, 0.25) is 11.8 Å². The third kappa shape index (κ3) is 3.14. The maximum absolute atomic E-state index is 12.0. The Hall–Kier alpha value is -1.95. The fourth-order valence-corrected chi connectivity index (χ4v) is 2.31. The lowest BCUT2D eigenvalue weighted by molar-refractivity contribution is -0.150. The molecular formula is C14H17N3O2S. The van der Waals surface area contributed by atoms with E-state index in [1.807, 2.05) is 31.2 Å². The first-order valence-electron chi connectivity index (χ1n) is 6.45. The van der Waals surface area contributed by atoms with Crippen molar-refractivity contribution in [2.75, 3.05) is 19.6 Å². The summed E-state index contributed by atoms with van der Waals surface area (Å²) in [6, 6.07) is 7.42. The lowest BCUT2D eigenvalue weighted by atomic mass is 10.1. The van der Waals surface area contributed by atoms with Crippen LogP contribution in [0.15, 0.2) is 24.3 Å². The second-order valence-electron chi connectivity index (χ2n) is 4.72. The summed E-state index contributed by atoms with van der Waals surface area (Å²) in [5.41, 5.74) is 7.28. The average Bonchev–Trinajstić information content (AvgIpc) is 2.42. The number of nitrogens with zero attached hydrogens (tertiary/aromatic N) is 2. The molecule has 0 bridgehead atoms. The molecule has 2 amide bonds. The molecule has 0 spiro atoms. The van der Waals surface area contributed by atoms with E-state index in [1.165, 1.54) is 0 Å². The van der Waals surface area contributed by atoms with Gasteiger partial charge in [-0.2, -0.15) is 0 Å². The Morgan fingerprint density at radius 1 is 1.25 bits per heavy atom. The van der Waals surface area contributed by atoms with Crippen molar-refractivity contribution in [1.82, 2.24) is 9.80 Å². The molecule has 20 heavy (non-hydrogen) atoms. The predicted molar refractivity (Wildman–Crippen MR) is 80.0 cm³/mol. The number of hydrogen-bond acceptors (Lipinski definition) is 3. The van der Waals surface area contributed by atoms with Crippen LogP contribution in [0, 0.1) is 0 Å². The molecule has 1 aliphatic rings. The molecule has 1 fully saturated rings. The first-order chi connectivity index (χ1) is 9.51. The van der Waals surface area contributed by atoms with Gasteiger partial charge in [-0.15, -0.1) is 0 Å². The van der Waals surface area contributed by atoms with Crippen molar-refractivity contribution in [1.29, 1.82) is 0 Å². The number of nitrogens with two attached hydrogens (primary N) is 1. The smallest absolute Gasteiger partial charge is 0.242 e. The maximum atomic E-state index is 12.0. The molecule has 0 aromatic heterocycles. The van der Waals surface area contributed by atoms with Gasteiger partial charge in [-0.3, -0.25) is 9.59 Å². The summed E-state index contributed by atoms with van der Waals surface area (Å²) in [7, 11) is 0. The Bertz CT molecular complexity index is 559. The van der Waals surface area contributed by atoms with E-state index >= 15 is 0 Å². The molecule has 1 aromatic rings. The average molecular weight is 291 g/mol. The van der Waals surface area contributed by atoms with Crippen LogP contribution in [-0.2, 0) is 16.1 Å². The summed E-state index contributed by atoms with van der Waals surface area (Å²) in [6.45, 7) is 3.12. The Morgan fingerprint density at radius 2 is 1.90 bits per heavy atom. The van der Waals surface area contributed by atoms with Crippen molar-refractivity contribution in [2.45, 2.75) is 13.5 Å². The molecule has 0 saturated carbocycles. The topological polar surface area (TPSA) is 66.6 Å². The Kier molecular flexibility index (Phi) is 4.34. The number of carbonyl (C=O) groups is 2. The van der Waals surface area contributed by atoms with Gasteiger partial charge in [-0.1, -0.05) is 30.4 Å². The molecule has 2 rings (SSSR count). The van der Waals surface area contributed by atoms with E-state index in [9.17, 15) is 9.59 Å². The lowest BCUT2D eigenvalue weighted by Gasteiger charge is -2.33. The molecule has 0 atom stereocenters. The van der Waals surface area contributed by atoms with E-state index in [4.69, 9.17) is 18.0 Å². The van der Waals surface area contributed by atoms with Crippen molar-refractivity contribution in [3.63, 3.8) is 0 Å². The molecule has 0 unspecified atom stereocenters. The zero-order valence-corrected chi connectivity index (χ0v) is 12.2. The van der Waals surface area contributed by atoms with E-state index in [1.54, 1.807) is 9.80 Å². The molecule has 6 heteroatoms. The molecule has 0 aliphatic carbocycles. The summed E-state index contributed by atoms with van der Waals surface area (Å²) in [6.07, 6.45) is 0. The van der Waals surface area contributed by atoms with Gasteiger partial charge >= 0.3 is 0 Å². The number of thiocarbonyl (C=S) groups is 1. The van der Waals surface area contributed by atoms with Crippen molar-refractivity contribution in [3.8, 4) is 0 Å². The fourth-order valence-electron chi connectivity index (χ4n) is 2.18. The van der Waals surface area contributed by atoms with Gasteiger partial charge in [-0.25, -0.2) is 0 Å². The minimum absolute atomic E-state index is 0.0161. The number of piperazine rings is 1. The molecule has 0 radical (unpaired) electrons. The van der Waals surface area contributed by atoms with Crippen LogP contribution in [0.4, 0.5) is 0 Å². The first-order valence-corrected chi connectivity index (χ1v) is 6.86. The number of benzene rings is 1. The van der Waals surface area contributed by atoms with Gasteiger partial charge in [0, 0.05) is 18.7 Å². The maximum Gasteiger partial charge on any atom is 0.242 e. The summed E-state index contributed by atoms with van der Waals surface area (Å²) in [5.74, 6) is -0.0511. The molecular weight excluding hydrogens is 274 g/mol. The molecule has 1 aliphatic heterocycles. The van der Waals surface area contributed by atoms with E-state index in [0.29, 0.717) is 18.1 Å². The summed E-state index contributed by atoms with van der Waals surface area (Å²) < 4.78 is 0. The van der Waals surface area contributed by atoms with Crippen LogP contribution < -0.4 is 5.73 Å². The van der Waals surface area contributed by atoms with Gasteiger partial charge in [-0.05, 0) is 18.6 Å². The summed E-state index contributed by atoms with van der Waals surface area (Å²) in [4.78, 5) is 27.3. The minimum Gasteiger partial charge on any atom is -0.389 e. The van der Waals surface area contributed by atoms with Crippen LogP contribution in [0.1, 0.15) is 18.1 Å². The van der Waals surface area contributed by atoms with Gasteiger partial charge in [0.15, 0.2) is 0 Å². The zero-order valence-electron chi connectivity index (χ0n) is 11.3. The van der Waals surface area contributed by atoms with Crippen LogP contribution >= 0.6 is 12.2 Å². The third-order valence-electron chi connectivity index (χ3n) is 3.32. The van der Waals surface area contributed by atoms with E-state index in [-0.39, 0.29) is 24.9 Å². The van der Waals surface area contributed by atoms with E-state index in [0.717, 1.165) is 11.1 Å². The number of hydrogen-bond donors (Lipinski definition) is 1. The summed E-state index contributed by atoms with van der Waals surface area (Å²) >= 11 is 4.94. The molecule has 1 saturated heterocycles. The molecule has 1 aromatic carbocycles. The van der Waals surface area contributed by atoms with Crippen LogP contribution in [0.25, 0.3) is 0 Å². The van der Waals surface area contributed by atoms with Crippen molar-refractivity contribution in [2.24, 2.45) is 5.73 Å². The fraction of sp³-hybridized carbons (Fsp3) is 0.357. The largest absolute Gasteiger partial charge is 0.389 e. The second kappa shape index (κ2) is 6.00. The highest BCUT2D eigenvalue weighted by Crippen LogP contribution is 2.12.